The topological polar surface area (TPSA) is 57.5 Å². The van der Waals surface area contributed by atoms with Crippen LogP contribution < -0.4 is 0 Å². The maximum atomic E-state index is 9.60. The molecule has 0 aliphatic heterocycles. The summed E-state index contributed by atoms with van der Waals surface area (Å²) in [4.78, 5) is 9.60. The molecule has 0 radical (unpaired) electrons. The average molecular weight is 154 g/mol. The number of aliphatic hydroxyl groups excluding tert-OH is 1. The Morgan fingerprint density at radius 1 is 1.70 bits per heavy atom. The van der Waals surface area contributed by atoms with E-state index in [1.54, 1.807) is 6.92 Å². The normalized spacial score (nSPS) is 10.9. The maximum absolute atomic E-state index is 9.60. The molecule has 0 aromatic heterocycles. The third-order valence-corrected chi connectivity index (χ3v) is 0.365. The van der Waals surface area contributed by atoms with Gasteiger partial charge in [0.15, 0.2) is 0 Å². The molecule has 54 valence electrons. The Morgan fingerprint density at radius 3 is 1.80 bits per heavy atom. The molecule has 0 spiro atoms. The molecule has 0 rings (SSSR count). The minimum atomic E-state index is -0.935. The number of carboxylic acids is 1. The van der Waals surface area contributed by atoms with Crippen molar-refractivity contribution in [2.75, 3.05) is 0 Å². The molecular weight excluding hydrogens is 143 g/mol. The Balaban J connectivity index is 0. The molecule has 10 heavy (non-hydrogen) atoms. The molecule has 0 aromatic rings. The molecule has 1 unspecified atom stereocenters. The van der Waals surface area contributed by atoms with E-state index in [1.165, 1.54) is 6.92 Å². The van der Waals surface area contributed by atoms with Gasteiger partial charge in [0.05, 0.1) is 0 Å². The van der Waals surface area contributed by atoms with Gasteiger partial charge in [0.2, 0.25) is 0 Å². The van der Waals surface area contributed by atoms with Gasteiger partial charge in [0, 0.05) is 5.57 Å². The predicted octanol–water partition coefficient (Wildman–Crippen LogP) is 0.140. The molecule has 4 heteroatoms. The number of hydrogen-bond donors (Lipinski definition) is 2. The summed E-state index contributed by atoms with van der Waals surface area (Å²) in [5.41, 5.74) is 0.176. The first-order chi connectivity index (χ1) is 4.37. The molecule has 0 amide bonds. The molecule has 3 nitrogen and oxygen atoms in total. The van der Waals surface area contributed by atoms with Crippen molar-refractivity contribution in [2.45, 2.75) is 17.2 Å². The number of carbonyl (C=O) groups is 1. The van der Waals surface area contributed by atoms with Gasteiger partial charge in [0.25, 0.3) is 0 Å². The van der Waals surface area contributed by atoms with Crippen LogP contribution >= 0.6 is 0 Å². The van der Waals surface area contributed by atoms with Gasteiger partial charge in [-0.1, -0.05) is 6.58 Å². The summed E-state index contributed by atoms with van der Waals surface area (Å²) in [5.74, 6) is -0.935. The van der Waals surface area contributed by atoms with Crippen LogP contribution in [0, 0.1) is 0 Å². The van der Waals surface area contributed by atoms with Crippen molar-refractivity contribution in [3.63, 3.8) is 0 Å². The molecule has 1 atom stereocenters. The van der Waals surface area contributed by atoms with E-state index in [9.17, 15) is 4.79 Å². The summed E-state index contributed by atoms with van der Waals surface area (Å²) < 4.78 is -0.0278. The van der Waals surface area contributed by atoms with E-state index in [2.05, 4.69) is 6.58 Å². The number of aliphatic carboxylic acids is 1. The van der Waals surface area contributed by atoms with Crippen LogP contribution in [0.1, 0.15) is 13.8 Å². The molecule has 0 aliphatic carbocycles. The van der Waals surface area contributed by atoms with E-state index in [4.69, 9.17) is 10.2 Å². The van der Waals surface area contributed by atoms with E-state index in [1.807, 2.05) is 0 Å². The monoisotopic (exact) mass is 154 g/mol. The van der Waals surface area contributed by atoms with E-state index < -0.39 is 5.97 Å². The van der Waals surface area contributed by atoms with Crippen molar-refractivity contribution in [2.24, 2.45) is 0 Å². The summed E-state index contributed by atoms with van der Waals surface area (Å²) in [5, 5.41) is 16.0. The summed E-state index contributed by atoms with van der Waals surface area (Å²) in [6.07, 6.45) is 0. The van der Waals surface area contributed by atoms with Crippen LogP contribution in [0.3, 0.4) is 0 Å². The van der Waals surface area contributed by atoms with E-state index in [-0.39, 0.29) is 8.93 Å². The van der Waals surface area contributed by atoms with Gasteiger partial charge in [-0.15, -0.1) is 0 Å². The fourth-order valence-corrected chi connectivity index (χ4v) is 0. The van der Waals surface area contributed by atoms with Crippen LogP contribution in [0.4, 0.5) is 0 Å². The van der Waals surface area contributed by atoms with Gasteiger partial charge in [-0.2, -0.15) is 0 Å². The standard InChI is InChI=1S/C4H6O2.C2H5O.Na/c1-3(2)4(5)6;1-2-3;/h1H2,2H3,(H,5,6);2-3H,1H3;. The van der Waals surface area contributed by atoms with E-state index in [0.717, 1.165) is 27.9 Å². The van der Waals surface area contributed by atoms with Gasteiger partial charge in [0.1, 0.15) is 0 Å². The van der Waals surface area contributed by atoms with Crippen LogP contribution in [0.2, 0.25) is 0 Å². The van der Waals surface area contributed by atoms with Crippen molar-refractivity contribution >= 4 is 33.9 Å². The first kappa shape index (κ1) is 12.8. The predicted molar refractivity (Wildman–Crippen MR) is 39.9 cm³/mol. The molecule has 0 heterocycles. The SMILES string of the molecule is C=C(C)C(=O)O.C[CH](O)[Na]. The van der Waals surface area contributed by atoms with E-state index >= 15 is 0 Å². The fourth-order valence-electron chi connectivity index (χ4n) is 0. The Morgan fingerprint density at radius 2 is 1.80 bits per heavy atom. The summed E-state index contributed by atoms with van der Waals surface area (Å²) in [7, 11) is 0. The number of hydrogen-bond acceptors (Lipinski definition) is 2. The minimum absolute atomic E-state index is 0.0278. The molecule has 0 bridgehead atoms. The van der Waals surface area contributed by atoms with E-state index in [0.29, 0.717) is 0 Å². The molecule has 2 N–H and O–H groups in total. The first-order valence-corrected chi connectivity index (χ1v) is 4.10. The van der Waals surface area contributed by atoms with Crippen LogP contribution in [0.25, 0.3) is 0 Å². The van der Waals surface area contributed by atoms with Gasteiger partial charge in [-0.3, -0.25) is 0 Å². The summed E-state index contributed by atoms with van der Waals surface area (Å²) in [6, 6.07) is 0. The molecule has 0 aliphatic rings. The summed E-state index contributed by atoms with van der Waals surface area (Å²) in [6.45, 7) is 6.39. The molecular formula is C6H11NaO3. The third kappa shape index (κ3) is 24.2. The number of aliphatic hydroxyl groups is 1. The summed E-state index contributed by atoms with van der Waals surface area (Å²) >= 11 is 0.904. The van der Waals surface area contributed by atoms with Gasteiger partial charge < -0.3 is 5.11 Å². The second kappa shape index (κ2) is 7.28. The van der Waals surface area contributed by atoms with Crippen molar-refractivity contribution in [1.29, 1.82) is 0 Å². The second-order valence-corrected chi connectivity index (χ2v) is 3.85. The van der Waals surface area contributed by atoms with Crippen LogP contribution in [0.5, 0.6) is 0 Å². The molecule has 0 saturated heterocycles. The second-order valence-electron chi connectivity index (χ2n) is 2.18. The van der Waals surface area contributed by atoms with Gasteiger partial charge >= 0.3 is 49.3 Å². The first-order valence-electron chi connectivity index (χ1n) is 2.94. The van der Waals surface area contributed by atoms with Crippen molar-refractivity contribution < 1.29 is 15.0 Å². The Hall–Kier alpha value is 0.170. The zero-order chi connectivity index (χ0) is 8.73. The molecule has 0 fully saturated rings. The zero-order valence-corrected chi connectivity index (χ0v) is 8.59. The van der Waals surface area contributed by atoms with Crippen LogP contribution in [-0.4, -0.2) is 47.5 Å². The third-order valence-electron chi connectivity index (χ3n) is 0.365. The van der Waals surface area contributed by atoms with Crippen LogP contribution in [0.15, 0.2) is 12.2 Å². The quantitative estimate of drug-likeness (QED) is 0.417. The van der Waals surface area contributed by atoms with Crippen LogP contribution in [-0.2, 0) is 4.79 Å². The fraction of sp³-hybridized carbons (Fsp3) is 0.500. The number of rotatable bonds is 1. The zero-order valence-electron chi connectivity index (χ0n) is 6.59. The Labute approximate surface area is 78.2 Å². The van der Waals surface area contributed by atoms with Crippen molar-refractivity contribution in [1.82, 2.24) is 0 Å². The van der Waals surface area contributed by atoms with Gasteiger partial charge in [-0.25, -0.2) is 4.79 Å². The molecule has 0 saturated carbocycles. The number of carboxylic acid groups (broad SMARTS) is 1. The molecule has 0 aromatic carbocycles. The Kier molecular flexibility index (Phi) is 9.33. The Bertz CT molecular complexity index is 105. The average Bonchev–Trinajstić information content (AvgIpc) is 1.63. The van der Waals surface area contributed by atoms with Crippen molar-refractivity contribution in [3.05, 3.63) is 12.2 Å². The van der Waals surface area contributed by atoms with Crippen molar-refractivity contribution in [3.8, 4) is 0 Å². The van der Waals surface area contributed by atoms with Gasteiger partial charge in [-0.05, 0) is 6.92 Å².